The number of nitrogens with two attached hydrogens (primary N) is 1. The number of hydrogen-bond acceptors (Lipinski definition) is 2. The molecule has 1 saturated heterocycles. The molecule has 2 rings (SSSR count). The van der Waals surface area contributed by atoms with Gasteiger partial charge in [0.1, 0.15) is 0 Å². The molecular formula is C9H17NO. The molecule has 1 aliphatic carbocycles. The van der Waals surface area contributed by atoms with E-state index in [9.17, 15) is 0 Å². The van der Waals surface area contributed by atoms with Gasteiger partial charge in [-0.15, -0.1) is 0 Å². The third-order valence-corrected chi connectivity index (χ3v) is 2.93. The van der Waals surface area contributed by atoms with Gasteiger partial charge in [-0.2, -0.15) is 0 Å². The molecule has 2 fully saturated rings. The van der Waals surface area contributed by atoms with Crippen molar-refractivity contribution >= 4 is 0 Å². The lowest BCUT2D eigenvalue weighted by atomic mass is 9.92. The quantitative estimate of drug-likeness (QED) is 0.652. The zero-order valence-electron chi connectivity index (χ0n) is 7.01. The highest BCUT2D eigenvalue weighted by molar-refractivity contribution is 4.99. The van der Waals surface area contributed by atoms with Crippen LogP contribution in [-0.4, -0.2) is 18.8 Å². The van der Waals surface area contributed by atoms with E-state index in [-0.39, 0.29) is 5.54 Å². The third-order valence-electron chi connectivity index (χ3n) is 2.93. The summed E-state index contributed by atoms with van der Waals surface area (Å²) >= 11 is 0. The zero-order chi connectivity index (χ0) is 7.73. The smallest absolute Gasteiger partial charge is 0.0468 e. The molecule has 0 aromatic carbocycles. The van der Waals surface area contributed by atoms with Crippen molar-refractivity contribution in [3.63, 3.8) is 0 Å². The Kier molecular flexibility index (Phi) is 1.90. The summed E-state index contributed by atoms with van der Waals surface area (Å²) in [5, 5.41) is 0. The Morgan fingerprint density at radius 2 is 1.91 bits per heavy atom. The van der Waals surface area contributed by atoms with Crippen LogP contribution in [0.1, 0.15) is 32.1 Å². The molecule has 0 spiro atoms. The second-order valence-electron chi connectivity index (χ2n) is 4.12. The molecule has 64 valence electrons. The summed E-state index contributed by atoms with van der Waals surface area (Å²) in [6.07, 6.45) is 6.23. The van der Waals surface area contributed by atoms with E-state index in [0.717, 1.165) is 19.1 Å². The van der Waals surface area contributed by atoms with E-state index < -0.39 is 0 Å². The fourth-order valence-electron chi connectivity index (χ4n) is 1.89. The predicted molar refractivity (Wildman–Crippen MR) is 44.3 cm³/mol. The first-order chi connectivity index (χ1) is 5.29. The zero-order valence-corrected chi connectivity index (χ0v) is 7.01. The summed E-state index contributed by atoms with van der Waals surface area (Å²) in [7, 11) is 0. The van der Waals surface area contributed by atoms with Crippen LogP contribution in [0.5, 0.6) is 0 Å². The Morgan fingerprint density at radius 1 is 1.27 bits per heavy atom. The predicted octanol–water partition coefficient (Wildman–Crippen LogP) is 1.29. The first-order valence-electron chi connectivity index (χ1n) is 4.65. The molecule has 0 atom stereocenters. The highest BCUT2D eigenvalue weighted by Gasteiger charge is 2.39. The lowest BCUT2D eigenvalue weighted by molar-refractivity contribution is 0.0610. The highest BCUT2D eigenvalue weighted by atomic mass is 16.5. The van der Waals surface area contributed by atoms with Crippen molar-refractivity contribution < 1.29 is 4.74 Å². The van der Waals surface area contributed by atoms with Gasteiger partial charge in [0.15, 0.2) is 0 Å². The lowest BCUT2D eigenvalue weighted by Crippen LogP contribution is -2.28. The largest absolute Gasteiger partial charge is 0.381 e. The minimum atomic E-state index is 0.252. The van der Waals surface area contributed by atoms with E-state index in [4.69, 9.17) is 10.5 Å². The first kappa shape index (κ1) is 7.56. The molecule has 11 heavy (non-hydrogen) atoms. The van der Waals surface area contributed by atoms with Crippen LogP contribution in [0.2, 0.25) is 0 Å². The van der Waals surface area contributed by atoms with Crippen molar-refractivity contribution in [1.29, 1.82) is 0 Å². The van der Waals surface area contributed by atoms with Crippen molar-refractivity contribution in [2.75, 3.05) is 13.2 Å². The number of hydrogen-bond donors (Lipinski definition) is 1. The van der Waals surface area contributed by atoms with Crippen molar-refractivity contribution in [1.82, 2.24) is 0 Å². The van der Waals surface area contributed by atoms with E-state index >= 15 is 0 Å². The van der Waals surface area contributed by atoms with Crippen LogP contribution >= 0.6 is 0 Å². The van der Waals surface area contributed by atoms with E-state index in [1.807, 2.05) is 0 Å². The SMILES string of the molecule is NC1(CC2CCOCC2)CC1. The molecule has 1 heterocycles. The highest BCUT2D eigenvalue weighted by Crippen LogP contribution is 2.40. The van der Waals surface area contributed by atoms with Gasteiger partial charge in [0.05, 0.1) is 0 Å². The van der Waals surface area contributed by atoms with Crippen LogP contribution in [0.4, 0.5) is 0 Å². The molecule has 0 aromatic heterocycles. The normalized spacial score (nSPS) is 30.3. The maximum atomic E-state index is 6.04. The number of rotatable bonds is 2. The van der Waals surface area contributed by atoms with Crippen LogP contribution in [0, 0.1) is 5.92 Å². The summed E-state index contributed by atoms with van der Waals surface area (Å²) in [6, 6.07) is 0. The van der Waals surface area contributed by atoms with Gasteiger partial charge in [-0.3, -0.25) is 0 Å². The Labute approximate surface area is 68.1 Å². The second-order valence-corrected chi connectivity index (χ2v) is 4.12. The fourth-order valence-corrected chi connectivity index (χ4v) is 1.89. The molecule has 0 amide bonds. The van der Waals surface area contributed by atoms with Crippen LogP contribution in [0.15, 0.2) is 0 Å². The lowest BCUT2D eigenvalue weighted by Gasteiger charge is -2.24. The topological polar surface area (TPSA) is 35.2 Å². The van der Waals surface area contributed by atoms with Crippen LogP contribution in [0.25, 0.3) is 0 Å². The minimum absolute atomic E-state index is 0.252. The van der Waals surface area contributed by atoms with Gasteiger partial charge >= 0.3 is 0 Å². The standard InChI is InChI=1S/C9H17NO/c10-9(3-4-9)7-8-1-5-11-6-2-8/h8H,1-7,10H2. The average Bonchev–Trinajstić information content (AvgIpc) is 2.70. The van der Waals surface area contributed by atoms with E-state index in [0.29, 0.717) is 0 Å². The molecule has 0 unspecified atom stereocenters. The molecular weight excluding hydrogens is 138 g/mol. The number of ether oxygens (including phenoxy) is 1. The molecule has 2 N–H and O–H groups in total. The fraction of sp³-hybridized carbons (Fsp3) is 1.00. The van der Waals surface area contributed by atoms with E-state index in [1.165, 1.54) is 32.1 Å². The maximum Gasteiger partial charge on any atom is 0.0468 e. The molecule has 2 heteroatoms. The van der Waals surface area contributed by atoms with Crippen LogP contribution < -0.4 is 5.73 Å². The Hall–Kier alpha value is -0.0800. The van der Waals surface area contributed by atoms with E-state index in [2.05, 4.69) is 0 Å². The van der Waals surface area contributed by atoms with Gasteiger partial charge in [-0.25, -0.2) is 0 Å². The van der Waals surface area contributed by atoms with Crippen molar-refractivity contribution in [3.8, 4) is 0 Å². The van der Waals surface area contributed by atoms with Crippen molar-refractivity contribution in [2.24, 2.45) is 11.7 Å². The summed E-state index contributed by atoms with van der Waals surface area (Å²) < 4.78 is 5.29. The molecule has 1 aliphatic heterocycles. The summed E-state index contributed by atoms with van der Waals surface area (Å²) in [5.41, 5.74) is 6.29. The summed E-state index contributed by atoms with van der Waals surface area (Å²) in [6.45, 7) is 1.92. The Bertz CT molecular complexity index is 136. The second kappa shape index (κ2) is 2.76. The summed E-state index contributed by atoms with van der Waals surface area (Å²) in [5.74, 6) is 0.858. The third kappa shape index (κ3) is 1.94. The van der Waals surface area contributed by atoms with Crippen LogP contribution in [0.3, 0.4) is 0 Å². The average molecular weight is 155 g/mol. The Morgan fingerprint density at radius 3 is 2.45 bits per heavy atom. The van der Waals surface area contributed by atoms with Gasteiger partial charge in [-0.1, -0.05) is 0 Å². The van der Waals surface area contributed by atoms with E-state index in [1.54, 1.807) is 0 Å². The van der Waals surface area contributed by atoms with Gasteiger partial charge in [0.2, 0.25) is 0 Å². The van der Waals surface area contributed by atoms with Gasteiger partial charge in [0, 0.05) is 18.8 Å². The monoisotopic (exact) mass is 155 g/mol. The van der Waals surface area contributed by atoms with Gasteiger partial charge in [0.25, 0.3) is 0 Å². The summed E-state index contributed by atoms with van der Waals surface area (Å²) in [4.78, 5) is 0. The first-order valence-corrected chi connectivity index (χ1v) is 4.65. The van der Waals surface area contributed by atoms with Gasteiger partial charge in [-0.05, 0) is 38.0 Å². The molecule has 2 nitrogen and oxygen atoms in total. The molecule has 1 saturated carbocycles. The van der Waals surface area contributed by atoms with Crippen LogP contribution in [-0.2, 0) is 4.74 Å². The molecule has 0 bridgehead atoms. The molecule has 0 radical (unpaired) electrons. The van der Waals surface area contributed by atoms with Crippen molar-refractivity contribution in [2.45, 2.75) is 37.6 Å². The molecule has 0 aromatic rings. The molecule has 2 aliphatic rings. The Balaban J connectivity index is 1.76. The maximum absolute atomic E-state index is 6.04. The minimum Gasteiger partial charge on any atom is -0.381 e. The van der Waals surface area contributed by atoms with Crippen molar-refractivity contribution in [3.05, 3.63) is 0 Å². The van der Waals surface area contributed by atoms with Gasteiger partial charge < -0.3 is 10.5 Å².